The molecule has 1 rings (SSSR count). The minimum Gasteiger partial charge on any atom is -0.481 e. The van der Waals surface area contributed by atoms with Gasteiger partial charge in [0.2, 0.25) is 11.8 Å². The molecule has 0 spiro atoms. The molecule has 0 radical (unpaired) electrons. The highest BCUT2D eigenvalue weighted by Crippen LogP contribution is 2.32. The Hall–Kier alpha value is -1.59. The first-order valence-electron chi connectivity index (χ1n) is 7.05. The van der Waals surface area contributed by atoms with Crippen LogP contribution in [0.4, 0.5) is 0 Å². The summed E-state index contributed by atoms with van der Waals surface area (Å²) in [6, 6.07) is 0. The molecule has 114 valence electrons. The van der Waals surface area contributed by atoms with Crippen LogP contribution in [0, 0.1) is 17.8 Å². The van der Waals surface area contributed by atoms with Crippen molar-refractivity contribution in [3.8, 4) is 0 Å². The molecule has 2 amide bonds. The third-order valence-corrected chi connectivity index (χ3v) is 3.60. The van der Waals surface area contributed by atoms with Gasteiger partial charge in [-0.05, 0) is 25.2 Å². The zero-order chi connectivity index (χ0) is 15.3. The number of hydrogen-bond donors (Lipinski definition) is 2. The Morgan fingerprint density at radius 1 is 1.25 bits per heavy atom. The molecule has 0 aromatic heterocycles. The number of carboxylic acid groups (broad SMARTS) is 1. The number of nitrogens with zero attached hydrogens (tertiary/aromatic N) is 1. The first-order valence-corrected chi connectivity index (χ1v) is 7.05. The number of amides is 2. The number of rotatable bonds is 6. The van der Waals surface area contributed by atoms with Crippen molar-refractivity contribution in [3.63, 3.8) is 0 Å². The number of nitrogens with one attached hydrogen (secondary N) is 1. The second-order valence-electron chi connectivity index (χ2n) is 5.94. The fourth-order valence-electron chi connectivity index (χ4n) is 2.41. The van der Waals surface area contributed by atoms with Crippen LogP contribution in [0.1, 0.15) is 33.1 Å². The Bertz CT molecular complexity index is 381. The molecular weight excluding hydrogens is 260 g/mol. The predicted octanol–water partition coefficient (Wildman–Crippen LogP) is 0.718. The molecule has 2 atom stereocenters. The molecule has 0 bridgehead atoms. The van der Waals surface area contributed by atoms with Gasteiger partial charge in [-0.1, -0.05) is 13.8 Å². The van der Waals surface area contributed by atoms with Crippen LogP contribution in [-0.2, 0) is 14.4 Å². The summed E-state index contributed by atoms with van der Waals surface area (Å²) in [5.74, 6) is -1.47. The Morgan fingerprint density at radius 3 is 2.35 bits per heavy atom. The minimum atomic E-state index is -0.836. The summed E-state index contributed by atoms with van der Waals surface area (Å²) in [5, 5.41) is 11.7. The molecule has 1 saturated carbocycles. The molecule has 2 N–H and O–H groups in total. The molecule has 1 fully saturated rings. The summed E-state index contributed by atoms with van der Waals surface area (Å²) in [6.45, 7) is 4.62. The Kier molecular flexibility index (Phi) is 5.98. The van der Waals surface area contributed by atoms with Gasteiger partial charge in [-0.25, -0.2) is 0 Å². The monoisotopic (exact) mass is 284 g/mol. The molecule has 20 heavy (non-hydrogen) atoms. The first-order chi connectivity index (χ1) is 9.31. The Labute approximate surface area is 119 Å². The molecule has 6 nitrogen and oxygen atoms in total. The number of hydrogen-bond acceptors (Lipinski definition) is 3. The highest BCUT2D eigenvalue weighted by atomic mass is 16.4. The van der Waals surface area contributed by atoms with E-state index >= 15 is 0 Å². The van der Waals surface area contributed by atoms with E-state index in [1.54, 1.807) is 7.05 Å². The van der Waals surface area contributed by atoms with E-state index in [0.29, 0.717) is 31.7 Å². The van der Waals surface area contributed by atoms with Crippen molar-refractivity contribution >= 4 is 17.8 Å². The van der Waals surface area contributed by atoms with Crippen LogP contribution in [0.15, 0.2) is 0 Å². The lowest BCUT2D eigenvalue weighted by Crippen LogP contribution is -2.41. The van der Waals surface area contributed by atoms with E-state index in [-0.39, 0.29) is 24.3 Å². The maximum atomic E-state index is 12.1. The van der Waals surface area contributed by atoms with Crippen LogP contribution in [0.5, 0.6) is 0 Å². The van der Waals surface area contributed by atoms with Crippen molar-refractivity contribution in [3.05, 3.63) is 0 Å². The van der Waals surface area contributed by atoms with Gasteiger partial charge < -0.3 is 15.3 Å². The van der Waals surface area contributed by atoms with Crippen molar-refractivity contribution in [1.82, 2.24) is 10.2 Å². The molecule has 0 unspecified atom stereocenters. The zero-order valence-corrected chi connectivity index (χ0v) is 12.4. The maximum Gasteiger partial charge on any atom is 0.306 e. The van der Waals surface area contributed by atoms with Gasteiger partial charge in [0.05, 0.1) is 12.5 Å². The fourth-order valence-corrected chi connectivity index (χ4v) is 2.41. The molecule has 0 aromatic rings. The van der Waals surface area contributed by atoms with E-state index in [2.05, 4.69) is 5.32 Å². The lowest BCUT2D eigenvalue weighted by Gasteiger charge is -2.20. The van der Waals surface area contributed by atoms with E-state index < -0.39 is 11.9 Å². The smallest absolute Gasteiger partial charge is 0.306 e. The summed E-state index contributed by atoms with van der Waals surface area (Å²) in [6.07, 6.45) is 1.51. The maximum absolute atomic E-state index is 12.1. The van der Waals surface area contributed by atoms with E-state index in [9.17, 15) is 14.4 Å². The fraction of sp³-hybridized carbons (Fsp3) is 0.786. The van der Waals surface area contributed by atoms with Gasteiger partial charge in [0.15, 0.2) is 0 Å². The summed E-state index contributed by atoms with van der Waals surface area (Å²) < 4.78 is 0. The summed E-state index contributed by atoms with van der Waals surface area (Å²) >= 11 is 0. The van der Waals surface area contributed by atoms with Crippen LogP contribution < -0.4 is 5.32 Å². The van der Waals surface area contributed by atoms with Gasteiger partial charge in [0.1, 0.15) is 0 Å². The zero-order valence-electron chi connectivity index (χ0n) is 12.4. The van der Waals surface area contributed by atoms with Crippen LogP contribution in [0.3, 0.4) is 0 Å². The number of aliphatic carboxylic acids is 1. The van der Waals surface area contributed by atoms with Gasteiger partial charge in [-0.2, -0.15) is 0 Å². The van der Waals surface area contributed by atoms with Crippen molar-refractivity contribution in [2.75, 3.05) is 20.1 Å². The third kappa shape index (κ3) is 4.83. The van der Waals surface area contributed by atoms with E-state index in [4.69, 9.17) is 5.11 Å². The molecule has 0 aromatic carbocycles. The van der Waals surface area contributed by atoms with Crippen LogP contribution >= 0.6 is 0 Å². The molecule has 0 heterocycles. The average molecular weight is 284 g/mol. The van der Waals surface area contributed by atoms with E-state index in [0.717, 1.165) is 0 Å². The van der Waals surface area contributed by atoms with Gasteiger partial charge in [0, 0.05) is 19.5 Å². The Balaban J connectivity index is 2.40. The normalized spacial score (nSPS) is 21.8. The molecular formula is C14H24N2O4. The highest BCUT2D eigenvalue weighted by molar-refractivity contribution is 5.86. The second kappa shape index (κ2) is 7.26. The molecule has 0 aliphatic heterocycles. The van der Waals surface area contributed by atoms with Crippen LogP contribution in [0.2, 0.25) is 0 Å². The van der Waals surface area contributed by atoms with Crippen molar-refractivity contribution in [1.29, 1.82) is 0 Å². The van der Waals surface area contributed by atoms with Gasteiger partial charge >= 0.3 is 5.97 Å². The van der Waals surface area contributed by atoms with Gasteiger partial charge in [-0.3, -0.25) is 14.4 Å². The topological polar surface area (TPSA) is 86.7 Å². The van der Waals surface area contributed by atoms with E-state index in [1.807, 2.05) is 13.8 Å². The second-order valence-corrected chi connectivity index (χ2v) is 5.94. The molecule has 6 heteroatoms. The number of carbonyl (C=O) groups is 3. The summed E-state index contributed by atoms with van der Waals surface area (Å²) in [4.78, 5) is 36.1. The van der Waals surface area contributed by atoms with Crippen molar-refractivity contribution in [2.24, 2.45) is 17.8 Å². The number of carboxylic acids is 1. The average Bonchev–Trinajstić information content (AvgIpc) is 2.85. The van der Waals surface area contributed by atoms with Gasteiger partial charge in [0.25, 0.3) is 0 Å². The van der Waals surface area contributed by atoms with Gasteiger partial charge in [-0.15, -0.1) is 0 Å². The Morgan fingerprint density at radius 2 is 1.85 bits per heavy atom. The largest absolute Gasteiger partial charge is 0.481 e. The number of likely N-dealkylation sites (N-methyl/N-ethyl adjacent to an activating group) is 1. The minimum absolute atomic E-state index is 0.0276. The molecule has 1 aliphatic rings. The van der Waals surface area contributed by atoms with Crippen molar-refractivity contribution < 1.29 is 19.5 Å². The van der Waals surface area contributed by atoms with E-state index in [1.165, 1.54) is 4.90 Å². The quantitative estimate of drug-likeness (QED) is 0.752. The predicted molar refractivity (Wildman–Crippen MR) is 74.0 cm³/mol. The van der Waals surface area contributed by atoms with Crippen LogP contribution in [-0.4, -0.2) is 47.9 Å². The summed E-state index contributed by atoms with van der Waals surface area (Å²) in [5.41, 5.74) is 0. The summed E-state index contributed by atoms with van der Waals surface area (Å²) in [7, 11) is 1.59. The SMILES string of the molecule is CC(C)CNC(=O)CN(C)C(=O)[C@@H]1CC[C@H](C(=O)O)C1. The number of carbonyl (C=O) groups excluding carboxylic acids is 2. The first kappa shape index (κ1) is 16.5. The molecule has 0 saturated heterocycles. The standard InChI is InChI=1S/C14H24N2O4/c1-9(2)7-15-12(17)8-16(3)13(18)10-4-5-11(6-10)14(19)20/h9-11H,4-8H2,1-3H3,(H,15,17)(H,19,20)/t10-,11+/m1/s1. The van der Waals surface area contributed by atoms with Crippen molar-refractivity contribution in [2.45, 2.75) is 33.1 Å². The lowest BCUT2D eigenvalue weighted by molar-refractivity contribution is -0.142. The lowest BCUT2D eigenvalue weighted by atomic mass is 10.0. The third-order valence-electron chi connectivity index (χ3n) is 3.60. The highest BCUT2D eigenvalue weighted by Gasteiger charge is 2.35. The van der Waals surface area contributed by atoms with Crippen LogP contribution in [0.25, 0.3) is 0 Å². The molecule has 1 aliphatic carbocycles.